The highest BCUT2D eigenvalue weighted by Crippen LogP contribution is 2.32. The summed E-state index contributed by atoms with van der Waals surface area (Å²) in [6.45, 7) is 0.242. The van der Waals surface area contributed by atoms with Crippen LogP contribution in [0.5, 0.6) is 0 Å². The van der Waals surface area contributed by atoms with E-state index in [1.807, 2.05) is 0 Å². The van der Waals surface area contributed by atoms with Gasteiger partial charge in [0.05, 0.1) is 30.2 Å². The smallest absolute Gasteiger partial charge is 0.343 e. The maximum Gasteiger partial charge on any atom is 0.433 e. The molecule has 0 bridgehead atoms. The molecule has 7 nitrogen and oxygen atoms in total. The summed E-state index contributed by atoms with van der Waals surface area (Å²) in [6.07, 6.45) is -1.06. The minimum atomic E-state index is -4.54. The molecule has 3 aromatic rings. The fraction of sp³-hybridized carbons (Fsp3) is 0.269. The lowest BCUT2D eigenvalue weighted by molar-refractivity contribution is -0.141. The van der Waals surface area contributed by atoms with Crippen LogP contribution >= 0.6 is 0 Å². The van der Waals surface area contributed by atoms with Gasteiger partial charge in [-0.1, -0.05) is 18.2 Å². The molecule has 12 heteroatoms. The molecule has 38 heavy (non-hydrogen) atoms. The largest absolute Gasteiger partial charge is 0.433 e. The maximum absolute atomic E-state index is 13.6. The second-order valence-electron chi connectivity index (χ2n) is 8.80. The molecular formula is C26H20F5N5O2. The SMILES string of the molecule is C/C(=C\c1ccc2nccc(C(=O)NCC(=O)N3CC(F)(F)C[C@H]3C#N)c2c1)c1ccc(C(F)(F)F)nc1. The van der Waals surface area contributed by atoms with Gasteiger partial charge >= 0.3 is 6.18 Å². The number of alkyl halides is 5. The summed E-state index contributed by atoms with van der Waals surface area (Å²) >= 11 is 0. The zero-order valence-corrected chi connectivity index (χ0v) is 19.9. The van der Waals surface area contributed by atoms with Gasteiger partial charge in [0.15, 0.2) is 0 Å². The van der Waals surface area contributed by atoms with Crippen molar-refractivity contribution in [1.29, 1.82) is 5.26 Å². The van der Waals surface area contributed by atoms with E-state index in [0.29, 0.717) is 27.6 Å². The van der Waals surface area contributed by atoms with E-state index in [4.69, 9.17) is 5.26 Å². The number of hydrogen-bond donors (Lipinski definition) is 1. The van der Waals surface area contributed by atoms with Crippen LogP contribution < -0.4 is 5.32 Å². The van der Waals surface area contributed by atoms with E-state index in [1.165, 1.54) is 18.3 Å². The molecule has 1 aliphatic rings. The van der Waals surface area contributed by atoms with Crippen LogP contribution in [0.15, 0.2) is 48.8 Å². The number of rotatable bonds is 5. The summed E-state index contributed by atoms with van der Waals surface area (Å²) in [5.41, 5.74) is 1.38. The first kappa shape index (κ1) is 26.7. The van der Waals surface area contributed by atoms with Crippen molar-refractivity contribution in [3.05, 3.63) is 71.2 Å². The van der Waals surface area contributed by atoms with Crippen LogP contribution in [0.4, 0.5) is 22.0 Å². The first-order valence-electron chi connectivity index (χ1n) is 11.3. The van der Waals surface area contributed by atoms with Crippen molar-refractivity contribution in [2.75, 3.05) is 13.1 Å². The lowest BCUT2D eigenvalue weighted by Gasteiger charge is -2.19. The van der Waals surface area contributed by atoms with Gasteiger partial charge < -0.3 is 10.2 Å². The number of fused-ring (bicyclic) bond motifs is 1. The van der Waals surface area contributed by atoms with Gasteiger partial charge in [0.25, 0.3) is 11.8 Å². The molecule has 0 aliphatic carbocycles. The molecule has 1 atom stereocenters. The lowest BCUT2D eigenvalue weighted by Crippen LogP contribution is -2.43. The van der Waals surface area contributed by atoms with Crippen LogP contribution in [0.1, 0.15) is 40.5 Å². The molecule has 0 spiro atoms. The highest BCUT2D eigenvalue weighted by Gasteiger charge is 2.47. The molecule has 0 radical (unpaired) electrons. The quantitative estimate of drug-likeness (QED) is 0.484. The first-order chi connectivity index (χ1) is 17.9. The Labute approximate surface area is 213 Å². The van der Waals surface area contributed by atoms with Gasteiger partial charge in [-0.25, -0.2) is 8.78 Å². The molecule has 1 saturated heterocycles. The highest BCUT2D eigenvalue weighted by molar-refractivity contribution is 6.07. The molecule has 1 aromatic carbocycles. The molecule has 4 rings (SSSR count). The summed E-state index contributed by atoms with van der Waals surface area (Å²) in [5, 5.41) is 11.9. The number of carbonyl (C=O) groups excluding carboxylic acids is 2. The molecular weight excluding hydrogens is 509 g/mol. The van der Waals surface area contributed by atoms with Crippen molar-refractivity contribution in [2.24, 2.45) is 0 Å². The van der Waals surface area contributed by atoms with E-state index < -0.39 is 55.2 Å². The Hall–Kier alpha value is -4.40. The number of nitrogens with one attached hydrogen (secondary N) is 1. The van der Waals surface area contributed by atoms with Crippen molar-refractivity contribution in [2.45, 2.75) is 31.5 Å². The van der Waals surface area contributed by atoms with Crippen LogP contribution in [-0.2, 0) is 11.0 Å². The minimum absolute atomic E-state index is 0.176. The third kappa shape index (κ3) is 5.77. The van der Waals surface area contributed by atoms with Gasteiger partial charge in [-0.2, -0.15) is 18.4 Å². The summed E-state index contributed by atoms with van der Waals surface area (Å²) in [7, 11) is 0. The fourth-order valence-electron chi connectivity index (χ4n) is 4.13. The van der Waals surface area contributed by atoms with Crippen LogP contribution in [-0.4, -0.2) is 51.7 Å². The second-order valence-corrected chi connectivity index (χ2v) is 8.80. The summed E-state index contributed by atoms with van der Waals surface area (Å²) in [6, 6.07) is 9.09. The number of nitrogens with zero attached hydrogens (tertiary/aromatic N) is 4. The van der Waals surface area contributed by atoms with Crippen molar-refractivity contribution >= 4 is 34.4 Å². The van der Waals surface area contributed by atoms with Crippen LogP contribution in [0, 0.1) is 11.3 Å². The maximum atomic E-state index is 13.6. The number of benzene rings is 1. The molecule has 1 N–H and O–H groups in total. The first-order valence-corrected chi connectivity index (χ1v) is 11.3. The number of amides is 2. The predicted molar refractivity (Wildman–Crippen MR) is 128 cm³/mol. The number of halogens is 5. The Morgan fingerprint density at radius 1 is 1.21 bits per heavy atom. The van der Waals surface area contributed by atoms with E-state index in [0.717, 1.165) is 17.2 Å². The number of hydrogen-bond acceptors (Lipinski definition) is 5. The van der Waals surface area contributed by atoms with E-state index in [9.17, 15) is 31.5 Å². The Morgan fingerprint density at radius 3 is 2.63 bits per heavy atom. The monoisotopic (exact) mass is 529 g/mol. The molecule has 2 aromatic heterocycles. The molecule has 0 saturated carbocycles. The van der Waals surface area contributed by atoms with Crippen molar-refractivity contribution in [3.63, 3.8) is 0 Å². The molecule has 3 heterocycles. The zero-order valence-electron chi connectivity index (χ0n) is 19.9. The third-order valence-electron chi connectivity index (χ3n) is 6.04. The van der Waals surface area contributed by atoms with E-state index in [1.54, 1.807) is 37.3 Å². The van der Waals surface area contributed by atoms with E-state index in [2.05, 4.69) is 15.3 Å². The predicted octanol–water partition coefficient (Wildman–Crippen LogP) is 4.70. The van der Waals surface area contributed by atoms with Crippen molar-refractivity contribution < 1.29 is 31.5 Å². The van der Waals surface area contributed by atoms with Gasteiger partial charge in [0, 0.05) is 24.2 Å². The normalized spacial score (nSPS) is 17.3. The highest BCUT2D eigenvalue weighted by atomic mass is 19.4. The summed E-state index contributed by atoms with van der Waals surface area (Å²) < 4.78 is 65.6. The molecule has 1 fully saturated rings. The Morgan fingerprint density at radius 2 is 1.97 bits per heavy atom. The number of pyridine rings is 2. The number of nitriles is 1. The number of likely N-dealkylation sites (tertiary alicyclic amines) is 1. The van der Waals surface area contributed by atoms with Gasteiger partial charge in [0.2, 0.25) is 5.91 Å². The van der Waals surface area contributed by atoms with Gasteiger partial charge in [-0.05, 0) is 47.9 Å². The molecule has 196 valence electrons. The molecule has 2 amide bonds. The average Bonchev–Trinajstić information content (AvgIpc) is 3.20. The minimum Gasteiger partial charge on any atom is -0.343 e. The van der Waals surface area contributed by atoms with E-state index in [-0.39, 0.29) is 5.56 Å². The average molecular weight is 529 g/mol. The van der Waals surface area contributed by atoms with Gasteiger partial charge in [-0.3, -0.25) is 19.6 Å². The van der Waals surface area contributed by atoms with Crippen LogP contribution in [0.25, 0.3) is 22.6 Å². The van der Waals surface area contributed by atoms with Gasteiger partial charge in [0.1, 0.15) is 11.7 Å². The standard InChI is InChI=1S/C26H20F5N5O2/c1-15(17-3-5-22(34-12-17)26(29,30)31)8-16-2-4-21-20(9-16)19(6-7-33-21)24(38)35-13-23(37)36-14-25(27,28)10-18(36)11-32/h2-9,12,18H,10,13-14H2,1H3,(H,35,38)/b15-8+/t18-/m0/s1. The fourth-order valence-corrected chi connectivity index (χ4v) is 4.13. The lowest BCUT2D eigenvalue weighted by atomic mass is 10.0. The molecule has 1 aliphatic heterocycles. The Bertz CT molecular complexity index is 1460. The Kier molecular flexibility index (Phi) is 7.13. The molecule has 0 unspecified atom stereocenters. The number of aromatic nitrogens is 2. The van der Waals surface area contributed by atoms with Crippen molar-refractivity contribution in [1.82, 2.24) is 20.2 Å². The van der Waals surface area contributed by atoms with Gasteiger partial charge in [-0.15, -0.1) is 0 Å². The number of allylic oxidation sites excluding steroid dienone is 1. The summed E-state index contributed by atoms with van der Waals surface area (Å²) in [4.78, 5) is 33.8. The van der Waals surface area contributed by atoms with Crippen molar-refractivity contribution in [3.8, 4) is 6.07 Å². The topological polar surface area (TPSA) is 99.0 Å². The number of carbonyl (C=O) groups is 2. The van der Waals surface area contributed by atoms with E-state index >= 15 is 0 Å². The summed E-state index contributed by atoms with van der Waals surface area (Å²) in [5.74, 6) is -4.61. The Balaban J connectivity index is 1.53. The third-order valence-corrected chi connectivity index (χ3v) is 6.04. The van der Waals surface area contributed by atoms with Crippen LogP contribution in [0.3, 0.4) is 0 Å². The zero-order chi connectivity index (χ0) is 27.7. The van der Waals surface area contributed by atoms with Crippen LogP contribution in [0.2, 0.25) is 0 Å². The second kappa shape index (κ2) is 10.2.